The third-order valence-corrected chi connectivity index (χ3v) is 2.95. The van der Waals surface area contributed by atoms with Crippen LogP contribution >= 0.6 is 0 Å². The molecule has 1 heterocycles. The van der Waals surface area contributed by atoms with E-state index in [0.717, 1.165) is 31.6 Å². The summed E-state index contributed by atoms with van der Waals surface area (Å²) < 4.78 is 0. The van der Waals surface area contributed by atoms with Gasteiger partial charge < -0.3 is 16.0 Å². The summed E-state index contributed by atoms with van der Waals surface area (Å²) >= 11 is 0. The highest BCUT2D eigenvalue weighted by Crippen LogP contribution is 2.13. The largest absolute Gasteiger partial charge is 0.325 e. The molecule has 0 radical (unpaired) electrons. The summed E-state index contributed by atoms with van der Waals surface area (Å²) in [6.07, 6.45) is 2.01. The van der Waals surface area contributed by atoms with Crippen LogP contribution in [0, 0.1) is 0 Å². The van der Waals surface area contributed by atoms with E-state index in [0.29, 0.717) is 0 Å². The second-order valence-corrected chi connectivity index (χ2v) is 4.37. The first kappa shape index (κ1) is 12.1. The Hall–Kier alpha value is -1.39. The Morgan fingerprint density at radius 1 is 1.53 bits per heavy atom. The number of anilines is 1. The fourth-order valence-corrected chi connectivity index (χ4v) is 2.10. The van der Waals surface area contributed by atoms with Crippen LogP contribution < -0.4 is 16.0 Å². The molecule has 4 nitrogen and oxygen atoms in total. The van der Waals surface area contributed by atoms with Crippen molar-refractivity contribution in [2.24, 2.45) is 0 Å². The van der Waals surface area contributed by atoms with E-state index in [9.17, 15) is 4.79 Å². The van der Waals surface area contributed by atoms with Crippen molar-refractivity contribution in [3.05, 3.63) is 29.8 Å². The van der Waals surface area contributed by atoms with Crippen molar-refractivity contribution in [1.82, 2.24) is 10.6 Å². The molecule has 1 saturated heterocycles. The highest BCUT2D eigenvalue weighted by molar-refractivity contribution is 5.95. The van der Waals surface area contributed by atoms with Crippen molar-refractivity contribution in [2.75, 3.05) is 18.9 Å². The van der Waals surface area contributed by atoms with Gasteiger partial charge in [-0.3, -0.25) is 4.79 Å². The quantitative estimate of drug-likeness (QED) is 0.730. The maximum Gasteiger partial charge on any atom is 0.241 e. The zero-order valence-electron chi connectivity index (χ0n) is 10.1. The van der Waals surface area contributed by atoms with Gasteiger partial charge in [0.15, 0.2) is 0 Å². The molecule has 0 spiro atoms. The summed E-state index contributed by atoms with van der Waals surface area (Å²) in [6, 6.07) is 7.91. The Bertz CT molecular complexity index is 386. The molecule has 92 valence electrons. The van der Waals surface area contributed by atoms with Crippen LogP contribution in [-0.4, -0.2) is 25.5 Å². The van der Waals surface area contributed by atoms with Gasteiger partial charge >= 0.3 is 0 Å². The maximum absolute atomic E-state index is 11.9. The van der Waals surface area contributed by atoms with E-state index < -0.39 is 0 Å². The molecule has 1 aromatic rings. The SMILES string of the molecule is CNCc1cccc(NC(=O)C2CCCN2)c1. The molecule has 2 rings (SSSR count). The average Bonchev–Trinajstić information content (AvgIpc) is 2.83. The predicted octanol–water partition coefficient (Wildman–Crippen LogP) is 1.10. The van der Waals surface area contributed by atoms with Crippen LogP contribution in [0.25, 0.3) is 0 Å². The van der Waals surface area contributed by atoms with Gasteiger partial charge in [-0.2, -0.15) is 0 Å². The summed E-state index contributed by atoms with van der Waals surface area (Å²) in [5.41, 5.74) is 2.04. The highest BCUT2D eigenvalue weighted by atomic mass is 16.2. The van der Waals surface area contributed by atoms with Crippen molar-refractivity contribution in [1.29, 1.82) is 0 Å². The molecule has 0 aliphatic carbocycles. The van der Waals surface area contributed by atoms with E-state index in [4.69, 9.17) is 0 Å². The normalized spacial score (nSPS) is 19.2. The molecule has 1 amide bonds. The van der Waals surface area contributed by atoms with Crippen molar-refractivity contribution in [3.8, 4) is 0 Å². The van der Waals surface area contributed by atoms with Crippen LogP contribution in [0.4, 0.5) is 5.69 Å². The van der Waals surface area contributed by atoms with Crippen LogP contribution in [0.15, 0.2) is 24.3 Å². The van der Waals surface area contributed by atoms with Crippen molar-refractivity contribution >= 4 is 11.6 Å². The van der Waals surface area contributed by atoms with Gasteiger partial charge in [-0.05, 0) is 44.1 Å². The average molecular weight is 233 g/mol. The molecule has 1 aliphatic rings. The summed E-state index contributed by atoms with van der Waals surface area (Å²) in [6.45, 7) is 1.75. The van der Waals surface area contributed by atoms with Gasteiger partial charge in [0.2, 0.25) is 5.91 Å². The number of carbonyl (C=O) groups is 1. The van der Waals surface area contributed by atoms with Crippen LogP contribution in [0.3, 0.4) is 0 Å². The molecular weight excluding hydrogens is 214 g/mol. The van der Waals surface area contributed by atoms with Crippen molar-refractivity contribution in [2.45, 2.75) is 25.4 Å². The Morgan fingerprint density at radius 2 is 2.41 bits per heavy atom. The summed E-state index contributed by atoms with van der Waals surface area (Å²) in [5.74, 6) is 0.0732. The molecular formula is C13H19N3O. The minimum absolute atomic E-state index is 0.0250. The molecule has 3 N–H and O–H groups in total. The van der Waals surface area contributed by atoms with E-state index in [1.54, 1.807) is 0 Å². The Kier molecular flexibility index (Phi) is 4.12. The maximum atomic E-state index is 11.9. The molecule has 1 aliphatic heterocycles. The van der Waals surface area contributed by atoms with Gasteiger partial charge in [-0.15, -0.1) is 0 Å². The molecule has 0 bridgehead atoms. The summed E-state index contributed by atoms with van der Waals surface area (Å²) in [5, 5.41) is 9.24. The molecule has 1 atom stereocenters. The lowest BCUT2D eigenvalue weighted by molar-refractivity contribution is -0.117. The number of hydrogen-bond donors (Lipinski definition) is 3. The Labute approximate surface area is 102 Å². The second kappa shape index (κ2) is 5.80. The van der Waals surface area contributed by atoms with Crippen LogP contribution in [-0.2, 0) is 11.3 Å². The molecule has 1 fully saturated rings. The van der Waals surface area contributed by atoms with Crippen molar-refractivity contribution in [3.63, 3.8) is 0 Å². The number of carbonyl (C=O) groups excluding carboxylic acids is 1. The number of benzene rings is 1. The first-order valence-electron chi connectivity index (χ1n) is 6.07. The van der Waals surface area contributed by atoms with Crippen LogP contribution in [0.1, 0.15) is 18.4 Å². The van der Waals surface area contributed by atoms with Gasteiger partial charge in [0, 0.05) is 12.2 Å². The summed E-state index contributed by atoms with van der Waals surface area (Å²) in [7, 11) is 1.91. The lowest BCUT2D eigenvalue weighted by Gasteiger charge is -2.11. The lowest BCUT2D eigenvalue weighted by Crippen LogP contribution is -2.35. The lowest BCUT2D eigenvalue weighted by atomic mass is 10.1. The summed E-state index contributed by atoms with van der Waals surface area (Å²) in [4.78, 5) is 11.9. The van der Waals surface area contributed by atoms with Crippen molar-refractivity contribution < 1.29 is 4.79 Å². The monoisotopic (exact) mass is 233 g/mol. The minimum atomic E-state index is -0.0250. The Balaban J connectivity index is 1.97. The van der Waals surface area contributed by atoms with Gasteiger partial charge in [-0.1, -0.05) is 12.1 Å². The van der Waals surface area contributed by atoms with Crippen LogP contribution in [0.2, 0.25) is 0 Å². The highest BCUT2D eigenvalue weighted by Gasteiger charge is 2.21. The molecule has 1 aromatic carbocycles. The van der Waals surface area contributed by atoms with E-state index in [2.05, 4.69) is 16.0 Å². The fourth-order valence-electron chi connectivity index (χ4n) is 2.10. The standard InChI is InChI=1S/C13H19N3O/c1-14-9-10-4-2-5-11(8-10)16-13(17)12-6-3-7-15-12/h2,4-5,8,12,14-15H,3,6-7,9H2,1H3,(H,16,17). The Morgan fingerprint density at radius 3 is 3.12 bits per heavy atom. The number of rotatable bonds is 4. The smallest absolute Gasteiger partial charge is 0.241 e. The van der Waals surface area contributed by atoms with E-state index in [1.807, 2.05) is 31.3 Å². The third-order valence-electron chi connectivity index (χ3n) is 2.95. The molecule has 1 unspecified atom stereocenters. The molecule has 0 aromatic heterocycles. The molecule has 17 heavy (non-hydrogen) atoms. The number of hydrogen-bond acceptors (Lipinski definition) is 3. The van der Waals surface area contributed by atoms with Gasteiger partial charge in [0.25, 0.3) is 0 Å². The third kappa shape index (κ3) is 3.28. The first-order valence-corrected chi connectivity index (χ1v) is 6.07. The predicted molar refractivity (Wildman–Crippen MR) is 68.9 cm³/mol. The van der Waals surface area contributed by atoms with Gasteiger partial charge in [0.05, 0.1) is 6.04 Å². The number of amides is 1. The zero-order chi connectivity index (χ0) is 12.1. The minimum Gasteiger partial charge on any atom is -0.325 e. The fraction of sp³-hybridized carbons (Fsp3) is 0.462. The van der Waals surface area contributed by atoms with Crippen LogP contribution in [0.5, 0.6) is 0 Å². The number of nitrogens with one attached hydrogen (secondary N) is 3. The van der Waals surface area contributed by atoms with Gasteiger partial charge in [-0.25, -0.2) is 0 Å². The molecule has 4 heteroatoms. The second-order valence-electron chi connectivity index (χ2n) is 4.37. The zero-order valence-corrected chi connectivity index (χ0v) is 10.1. The first-order chi connectivity index (χ1) is 8.29. The van der Waals surface area contributed by atoms with E-state index >= 15 is 0 Å². The van der Waals surface area contributed by atoms with Gasteiger partial charge in [0.1, 0.15) is 0 Å². The topological polar surface area (TPSA) is 53.2 Å². The van der Waals surface area contributed by atoms with E-state index in [-0.39, 0.29) is 11.9 Å². The van der Waals surface area contributed by atoms with E-state index in [1.165, 1.54) is 5.56 Å². The molecule has 0 saturated carbocycles.